The van der Waals surface area contributed by atoms with Crippen molar-refractivity contribution in [3.63, 3.8) is 0 Å². The van der Waals surface area contributed by atoms with Crippen molar-refractivity contribution in [1.29, 1.82) is 0 Å². The van der Waals surface area contributed by atoms with Crippen LogP contribution in [0.25, 0.3) is 16.9 Å². The number of rotatable bonds is 8. The van der Waals surface area contributed by atoms with Gasteiger partial charge in [0.1, 0.15) is 5.71 Å². The first-order valence-corrected chi connectivity index (χ1v) is 21.7. The average Bonchev–Trinajstić information content (AvgIpc) is 3.81. The van der Waals surface area contributed by atoms with Crippen LogP contribution >= 0.6 is 69.6 Å². The summed E-state index contributed by atoms with van der Waals surface area (Å²) in [6.07, 6.45) is 7.19. The van der Waals surface area contributed by atoms with Crippen LogP contribution in [0.3, 0.4) is 0 Å². The van der Waals surface area contributed by atoms with E-state index in [1.165, 1.54) is 12.8 Å². The fourth-order valence-electron chi connectivity index (χ4n) is 7.38. The lowest BCUT2D eigenvalue weighted by Crippen LogP contribution is -2.47. The maximum Gasteiger partial charge on any atom is 0.286 e. The molecule has 308 valence electrons. The molecule has 0 aliphatic carbocycles. The summed E-state index contributed by atoms with van der Waals surface area (Å²) in [5.74, 6) is -0.396. The van der Waals surface area contributed by atoms with Gasteiger partial charge in [-0.2, -0.15) is 10.2 Å². The van der Waals surface area contributed by atoms with E-state index < -0.39 is 0 Å². The molecule has 2 saturated heterocycles. The number of hydrogen-bond donors (Lipinski definition) is 2. The van der Waals surface area contributed by atoms with E-state index in [-0.39, 0.29) is 17.9 Å². The van der Waals surface area contributed by atoms with Gasteiger partial charge in [0.2, 0.25) is 0 Å². The molecule has 2 amide bonds. The van der Waals surface area contributed by atoms with Gasteiger partial charge in [-0.1, -0.05) is 107 Å². The van der Waals surface area contributed by atoms with Crippen molar-refractivity contribution in [3.8, 4) is 16.9 Å². The lowest BCUT2D eigenvalue weighted by atomic mass is 10.0. The van der Waals surface area contributed by atoms with Crippen LogP contribution in [0.1, 0.15) is 72.6 Å². The Morgan fingerprint density at radius 1 is 0.610 bits per heavy atom. The van der Waals surface area contributed by atoms with E-state index in [1.54, 1.807) is 40.0 Å². The van der Waals surface area contributed by atoms with Gasteiger partial charge in [-0.15, -0.1) is 0 Å². The zero-order valence-corrected chi connectivity index (χ0v) is 36.7. The molecule has 2 fully saturated rings. The summed E-state index contributed by atoms with van der Waals surface area (Å²) in [4.78, 5) is 25.9. The maximum atomic E-state index is 13.1. The summed E-state index contributed by atoms with van der Waals surface area (Å²) in [6, 6.07) is 25.3. The third kappa shape index (κ3) is 10.6. The molecule has 4 aromatic carbocycles. The van der Waals surface area contributed by atoms with Gasteiger partial charge in [-0.3, -0.25) is 25.4 Å². The third-order valence-electron chi connectivity index (χ3n) is 10.4. The highest BCUT2D eigenvalue weighted by Crippen LogP contribution is 2.40. The van der Waals surface area contributed by atoms with Crippen LogP contribution in [0.15, 0.2) is 90.0 Å². The number of benzene rings is 4. The van der Waals surface area contributed by atoms with E-state index in [2.05, 4.69) is 21.1 Å². The molecule has 0 saturated carbocycles. The van der Waals surface area contributed by atoms with Crippen molar-refractivity contribution in [2.24, 2.45) is 5.10 Å². The summed E-state index contributed by atoms with van der Waals surface area (Å²) in [5, 5.41) is 18.3. The number of hydrogen-bond acceptors (Lipinski definition) is 7. The molecular weight excluding hydrogens is 873 g/mol. The van der Waals surface area contributed by atoms with Crippen molar-refractivity contribution in [2.75, 3.05) is 31.2 Å². The van der Waals surface area contributed by atoms with Gasteiger partial charge in [0.05, 0.1) is 33.2 Å². The highest BCUT2D eigenvalue weighted by Gasteiger charge is 2.34. The Kier molecular flexibility index (Phi) is 14.4. The molecule has 5 aromatic rings. The van der Waals surface area contributed by atoms with E-state index in [0.29, 0.717) is 59.3 Å². The number of nitrogens with zero attached hydrogens (tertiary/aromatic N) is 6. The third-order valence-corrected chi connectivity index (χ3v) is 12.0. The fourth-order valence-corrected chi connectivity index (χ4v) is 8.62. The Morgan fingerprint density at radius 3 is 1.64 bits per heavy atom. The number of carbonyl (C=O) groups excluding carboxylic acids is 2. The van der Waals surface area contributed by atoms with Crippen LogP contribution in [0.2, 0.25) is 30.1 Å². The van der Waals surface area contributed by atoms with Gasteiger partial charge in [-0.25, -0.2) is 14.7 Å². The Hall–Kier alpha value is -3.84. The number of carbonyl (C=O) groups is 2. The monoisotopic (exact) mass is 912 g/mol. The molecule has 0 bridgehead atoms. The van der Waals surface area contributed by atoms with E-state index in [4.69, 9.17) is 69.6 Å². The van der Waals surface area contributed by atoms with Gasteiger partial charge in [0.15, 0.2) is 5.69 Å². The van der Waals surface area contributed by atoms with Gasteiger partial charge in [0.25, 0.3) is 11.8 Å². The van der Waals surface area contributed by atoms with Crippen molar-refractivity contribution >= 4 is 92.8 Å². The molecule has 59 heavy (non-hydrogen) atoms. The topological polar surface area (TPSA) is 98.1 Å². The van der Waals surface area contributed by atoms with Gasteiger partial charge < -0.3 is 0 Å². The van der Waals surface area contributed by atoms with Crippen molar-refractivity contribution in [3.05, 3.63) is 132 Å². The van der Waals surface area contributed by atoms with Crippen molar-refractivity contribution in [2.45, 2.75) is 57.9 Å². The Labute approximate surface area is 373 Å². The molecule has 8 rings (SSSR count). The minimum atomic E-state index is -0.228. The fraction of sp³-hybridized carbons (Fsp3) is 0.302. The standard InChI is InChI=1S/C22H21Cl3N4O.C21H21Cl3N4O/c1-14-20(22(30)27-28-11-3-2-4-12-28)26-29(19-10-9-17(24)13-18(19)25)21(14)15-5-7-16(23)8-6-15;22-15-6-4-14(5-7-15)20-13-18(21(29)26-27-10-2-1-3-11-27)25-28(20)19-9-8-16(23)12-17(19)24/h5-10,13H,2-4,11-12H2,1H3,(H,27,30);4-9,12,20H,1-3,10-11,13H2,(H,26,29). The average molecular weight is 916 g/mol. The summed E-state index contributed by atoms with van der Waals surface area (Å²) in [6.45, 7) is 5.32. The summed E-state index contributed by atoms with van der Waals surface area (Å²) in [7, 11) is 0. The zero-order chi connectivity index (χ0) is 41.6. The molecule has 0 radical (unpaired) electrons. The molecule has 0 spiro atoms. The molecule has 4 heterocycles. The van der Waals surface area contributed by atoms with Crippen LogP contribution in [-0.2, 0) is 4.79 Å². The van der Waals surface area contributed by atoms with Gasteiger partial charge in [0, 0.05) is 63.8 Å². The van der Waals surface area contributed by atoms with Crippen LogP contribution in [0.5, 0.6) is 0 Å². The highest BCUT2D eigenvalue weighted by atomic mass is 35.5. The minimum absolute atomic E-state index is 0.159. The molecule has 1 unspecified atom stereocenters. The molecule has 1 atom stereocenters. The van der Waals surface area contributed by atoms with Gasteiger partial charge in [-0.05, 0) is 98.8 Å². The summed E-state index contributed by atoms with van der Waals surface area (Å²) >= 11 is 37.2. The van der Waals surface area contributed by atoms with Crippen LogP contribution in [0.4, 0.5) is 5.69 Å². The first kappa shape index (κ1) is 43.3. The molecule has 2 N–H and O–H groups in total. The molecular formula is C43H42Cl6N8O2. The Morgan fingerprint density at radius 2 is 1.10 bits per heavy atom. The Balaban J connectivity index is 0.000000179. The number of amides is 2. The second-order valence-corrected chi connectivity index (χ2v) is 17.1. The SMILES string of the molecule is Cc1c(C(=O)NN2CCCCC2)nn(-c2ccc(Cl)cc2Cl)c1-c1ccc(Cl)cc1.O=C(NN1CCCCC1)C1=NN(c2ccc(Cl)cc2Cl)C(c2ccc(Cl)cc2)C1. The zero-order valence-electron chi connectivity index (χ0n) is 32.2. The van der Waals surface area contributed by atoms with E-state index in [9.17, 15) is 9.59 Å². The second-order valence-electron chi connectivity index (χ2n) is 14.6. The lowest BCUT2D eigenvalue weighted by molar-refractivity contribution is -0.119. The molecule has 16 heteroatoms. The lowest BCUT2D eigenvalue weighted by Gasteiger charge is -2.26. The first-order valence-electron chi connectivity index (χ1n) is 19.4. The number of halogens is 6. The minimum Gasteiger partial charge on any atom is -0.284 e. The van der Waals surface area contributed by atoms with Crippen LogP contribution in [0, 0.1) is 6.92 Å². The van der Waals surface area contributed by atoms with Crippen molar-refractivity contribution in [1.82, 2.24) is 30.6 Å². The van der Waals surface area contributed by atoms with Crippen LogP contribution < -0.4 is 15.9 Å². The van der Waals surface area contributed by atoms with E-state index in [0.717, 1.165) is 74.2 Å². The summed E-state index contributed by atoms with van der Waals surface area (Å²) in [5.41, 5.74) is 11.6. The number of hydrazine groups is 2. The quantitative estimate of drug-likeness (QED) is 0.161. The Bertz CT molecular complexity index is 2320. The first-order chi connectivity index (χ1) is 28.4. The maximum absolute atomic E-state index is 13.1. The predicted octanol–water partition coefficient (Wildman–Crippen LogP) is 11.4. The number of hydrazone groups is 1. The predicted molar refractivity (Wildman–Crippen MR) is 240 cm³/mol. The number of piperidine rings is 2. The van der Waals surface area contributed by atoms with E-state index in [1.807, 2.05) is 71.5 Å². The largest absolute Gasteiger partial charge is 0.286 e. The van der Waals surface area contributed by atoms with Crippen molar-refractivity contribution < 1.29 is 9.59 Å². The number of anilines is 1. The smallest absolute Gasteiger partial charge is 0.284 e. The number of aromatic nitrogens is 2. The summed E-state index contributed by atoms with van der Waals surface area (Å²) < 4.78 is 1.70. The molecule has 10 nitrogen and oxygen atoms in total. The van der Waals surface area contributed by atoms with Gasteiger partial charge >= 0.3 is 0 Å². The molecule has 3 aliphatic rings. The molecule has 1 aromatic heterocycles. The highest BCUT2D eigenvalue weighted by molar-refractivity contribution is 6.40. The molecule has 3 aliphatic heterocycles. The number of nitrogens with one attached hydrogen (secondary N) is 2. The normalized spacial score (nSPS) is 17.2. The van der Waals surface area contributed by atoms with E-state index >= 15 is 0 Å². The second kappa shape index (κ2) is 19.7. The van der Waals surface area contributed by atoms with Crippen LogP contribution in [-0.4, -0.2) is 63.5 Å².